The molecular weight excluding hydrogens is 555 g/mol. The van der Waals surface area contributed by atoms with Gasteiger partial charge in [0.25, 0.3) is 11.7 Å². The number of nitrogens with zero attached hydrogens (tertiary/aromatic N) is 1. The normalized spacial score (nSPS) is 16.6. The average Bonchev–Trinajstić information content (AvgIpc) is 3.45. The lowest BCUT2D eigenvalue weighted by Crippen LogP contribution is -2.31. The number of phenols is 1. The zero-order chi connectivity index (χ0) is 28.6. The Morgan fingerprint density at radius 3 is 2.60 bits per heavy atom. The van der Waals surface area contributed by atoms with Gasteiger partial charge in [0.2, 0.25) is 0 Å². The van der Waals surface area contributed by atoms with Gasteiger partial charge in [-0.1, -0.05) is 29.3 Å². The van der Waals surface area contributed by atoms with Crippen LogP contribution in [0.1, 0.15) is 29.7 Å². The first kappa shape index (κ1) is 27.4. The number of ketones is 1. The van der Waals surface area contributed by atoms with Crippen LogP contribution in [-0.4, -0.2) is 52.0 Å². The van der Waals surface area contributed by atoms with Gasteiger partial charge in [0.1, 0.15) is 11.5 Å². The predicted octanol–water partition coefficient (Wildman–Crippen LogP) is 6.25. The summed E-state index contributed by atoms with van der Waals surface area (Å²) in [6, 6.07) is 13.8. The molecule has 8 nitrogen and oxygen atoms in total. The van der Waals surface area contributed by atoms with Crippen molar-refractivity contribution in [2.24, 2.45) is 0 Å². The Hall–Kier alpha value is -4.14. The van der Waals surface area contributed by atoms with Gasteiger partial charge in [-0.25, -0.2) is 0 Å². The van der Waals surface area contributed by atoms with E-state index in [1.165, 1.54) is 29.2 Å². The highest BCUT2D eigenvalue weighted by Crippen LogP contribution is 2.43. The molecule has 0 unspecified atom stereocenters. The number of fused-ring (bicyclic) bond motifs is 1. The van der Waals surface area contributed by atoms with Crippen LogP contribution < -0.4 is 9.47 Å². The third-order valence-electron chi connectivity index (χ3n) is 6.92. The summed E-state index contributed by atoms with van der Waals surface area (Å²) in [5.41, 5.74) is 2.36. The third kappa shape index (κ3) is 4.96. The van der Waals surface area contributed by atoms with Crippen molar-refractivity contribution < 1.29 is 29.3 Å². The van der Waals surface area contributed by atoms with Gasteiger partial charge in [-0.05, 0) is 73.0 Å². The van der Waals surface area contributed by atoms with E-state index in [2.05, 4.69) is 4.98 Å². The molecular formula is C30H26Cl2N2O6. The molecule has 0 bridgehead atoms. The lowest BCUT2D eigenvalue weighted by molar-refractivity contribution is -0.139. The van der Waals surface area contributed by atoms with Crippen molar-refractivity contribution in [3.05, 3.63) is 93.1 Å². The second-order valence-corrected chi connectivity index (χ2v) is 10.1. The number of hydrogen-bond acceptors (Lipinski definition) is 6. The number of rotatable bonds is 8. The van der Waals surface area contributed by atoms with Crippen molar-refractivity contribution >= 4 is 51.6 Å². The van der Waals surface area contributed by atoms with Crippen LogP contribution in [-0.2, 0) is 16.0 Å². The van der Waals surface area contributed by atoms with E-state index >= 15 is 0 Å². The number of H-pyrrole nitrogens is 1. The standard InChI is InChI=1S/C30H26Cl2N2O6/c1-3-40-25-12-16(4-9-24(25)35)27-26(28(36)20-7-5-18(31)13-22(20)32)29(37)30(38)34(27)11-10-17-15-33-23-8-6-19(39-2)14-21(17)23/h4-9,12-15,27,33,35-36H,3,10-11H2,1-2H3/t27-/m0/s1. The first-order chi connectivity index (χ1) is 19.2. The number of aliphatic hydroxyl groups is 1. The highest BCUT2D eigenvalue weighted by molar-refractivity contribution is 6.47. The van der Waals surface area contributed by atoms with E-state index in [0.29, 0.717) is 29.4 Å². The Kier molecular flexibility index (Phi) is 7.65. The minimum absolute atomic E-state index is 0.0870. The fraction of sp³-hybridized carbons (Fsp3) is 0.200. The van der Waals surface area contributed by atoms with Gasteiger partial charge >= 0.3 is 0 Å². The lowest BCUT2D eigenvalue weighted by atomic mass is 9.94. The molecule has 1 aliphatic heterocycles. The summed E-state index contributed by atoms with van der Waals surface area (Å²) in [4.78, 5) is 31.5. The van der Waals surface area contributed by atoms with E-state index in [9.17, 15) is 19.8 Å². The van der Waals surface area contributed by atoms with Crippen LogP contribution in [0.5, 0.6) is 17.2 Å². The summed E-state index contributed by atoms with van der Waals surface area (Å²) in [6.45, 7) is 2.23. The van der Waals surface area contributed by atoms with E-state index in [-0.39, 0.29) is 34.2 Å². The fourth-order valence-electron chi connectivity index (χ4n) is 4.99. The number of ether oxygens (including phenoxy) is 2. The number of aromatic nitrogens is 1. The van der Waals surface area contributed by atoms with Crippen molar-refractivity contribution in [3.8, 4) is 17.2 Å². The van der Waals surface area contributed by atoms with Crippen molar-refractivity contribution in [2.45, 2.75) is 19.4 Å². The summed E-state index contributed by atoms with van der Waals surface area (Å²) in [5.74, 6) is -1.23. The number of carbonyl (C=O) groups excluding carboxylic acids is 2. The number of benzene rings is 3. The van der Waals surface area contributed by atoms with Gasteiger partial charge in [-0.3, -0.25) is 9.59 Å². The molecule has 1 amide bonds. The van der Waals surface area contributed by atoms with Crippen molar-refractivity contribution in [2.75, 3.05) is 20.3 Å². The second kappa shape index (κ2) is 11.2. The maximum atomic E-state index is 13.4. The molecule has 0 radical (unpaired) electrons. The van der Waals surface area contributed by atoms with E-state index in [1.807, 2.05) is 24.4 Å². The number of hydrogen-bond donors (Lipinski definition) is 3. The molecule has 0 saturated carbocycles. The molecule has 40 heavy (non-hydrogen) atoms. The molecule has 1 atom stereocenters. The Morgan fingerprint density at radius 1 is 1.07 bits per heavy atom. The summed E-state index contributed by atoms with van der Waals surface area (Å²) < 4.78 is 10.9. The molecule has 10 heteroatoms. The number of aromatic hydroxyl groups is 1. The number of phenolic OH excluding ortho intramolecular Hbond substituents is 1. The molecule has 5 rings (SSSR count). The molecule has 3 aromatic carbocycles. The average molecular weight is 581 g/mol. The zero-order valence-electron chi connectivity index (χ0n) is 21.7. The summed E-state index contributed by atoms with van der Waals surface area (Å²) in [6.07, 6.45) is 2.27. The van der Waals surface area contributed by atoms with E-state index in [4.69, 9.17) is 32.7 Å². The van der Waals surface area contributed by atoms with Crippen LogP contribution in [0.3, 0.4) is 0 Å². The predicted molar refractivity (Wildman–Crippen MR) is 153 cm³/mol. The lowest BCUT2D eigenvalue weighted by Gasteiger charge is -2.26. The molecule has 0 aliphatic carbocycles. The van der Waals surface area contributed by atoms with E-state index in [1.54, 1.807) is 26.2 Å². The molecule has 1 aliphatic rings. The molecule has 3 N–H and O–H groups in total. The Labute approximate surface area is 240 Å². The van der Waals surface area contributed by atoms with Crippen LogP contribution in [0.4, 0.5) is 0 Å². The maximum absolute atomic E-state index is 13.4. The van der Waals surface area contributed by atoms with Crippen molar-refractivity contribution in [1.29, 1.82) is 0 Å². The molecule has 2 heterocycles. The van der Waals surface area contributed by atoms with Gasteiger partial charge in [-0.2, -0.15) is 0 Å². The molecule has 1 aromatic heterocycles. The minimum atomic E-state index is -0.966. The molecule has 0 spiro atoms. The summed E-state index contributed by atoms with van der Waals surface area (Å²) >= 11 is 12.4. The first-order valence-electron chi connectivity index (χ1n) is 12.6. The Morgan fingerprint density at radius 2 is 1.88 bits per heavy atom. The number of methoxy groups -OCH3 is 1. The number of aromatic amines is 1. The van der Waals surface area contributed by atoms with Crippen LogP contribution in [0.25, 0.3) is 16.7 Å². The minimum Gasteiger partial charge on any atom is -0.507 e. The van der Waals surface area contributed by atoms with Crippen LogP contribution in [0.15, 0.2) is 66.4 Å². The topological polar surface area (TPSA) is 112 Å². The molecule has 1 fully saturated rings. The van der Waals surface area contributed by atoms with Gasteiger partial charge in [0.05, 0.1) is 30.4 Å². The van der Waals surface area contributed by atoms with Gasteiger partial charge < -0.3 is 29.6 Å². The van der Waals surface area contributed by atoms with Gasteiger partial charge in [-0.15, -0.1) is 0 Å². The van der Waals surface area contributed by atoms with Crippen molar-refractivity contribution in [1.82, 2.24) is 9.88 Å². The van der Waals surface area contributed by atoms with E-state index < -0.39 is 23.5 Å². The quantitative estimate of drug-likeness (QED) is 0.129. The summed E-state index contributed by atoms with van der Waals surface area (Å²) in [7, 11) is 1.59. The number of Topliss-reactive ketones (excluding diaryl/α,β-unsaturated/α-hetero) is 1. The first-order valence-corrected chi connectivity index (χ1v) is 13.3. The molecule has 4 aromatic rings. The second-order valence-electron chi connectivity index (χ2n) is 9.25. The number of carbonyl (C=O) groups is 2. The number of amides is 1. The zero-order valence-corrected chi connectivity index (χ0v) is 23.2. The van der Waals surface area contributed by atoms with Gasteiger partial charge in [0, 0.05) is 34.2 Å². The SMILES string of the molecule is CCOc1cc([C@H]2C(=C(O)c3ccc(Cl)cc3Cl)C(=O)C(=O)N2CCc2c[nH]c3ccc(OC)cc23)ccc1O. The number of halogens is 2. The Balaban J connectivity index is 1.60. The van der Waals surface area contributed by atoms with Crippen LogP contribution in [0.2, 0.25) is 10.0 Å². The molecule has 1 saturated heterocycles. The number of likely N-dealkylation sites (tertiary alicyclic amines) is 1. The highest BCUT2D eigenvalue weighted by Gasteiger charge is 2.46. The van der Waals surface area contributed by atoms with Crippen LogP contribution >= 0.6 is 23.2 Å². The summed E-state index contributed by atoms with van der Waals surface area (Å²) in [5, 5.41) is 23.1. The fourth-order valence-corrected chi connectivity index (χ4v) is 5.49. The highest BCUT2D eigenvalue weighted by atomic mass is 35.5. The monoisotopic (exact) mass is 580 g/mol. The number of aliphatic hydroxyl groups excluding tert-OH is 1. The van der Waals surface area contributed by atoms with E-state index in [0.717, 1.165) is 16.5 Å². The maximum Gasteiger partial charge on any atom is 0.295 e. The van der Waals surface area contributed by atoms with Gasteiger partial charge in [0.15, 0.2) is 11.5 Å². The van der Waals surface area contributed by atoms with Crippen molar-refractivity contribution in [3.63, 3.8) is 0 Å². The Bertz CT molecular complexity index is 1660. The third-order valence-corrected chi connectivity index (χ3v) is 7.47. The smallest absolute Gasteiger partial charge is 0.295 e. The molecule has 206 valence electrons. The largest absolute Gasteiger partial charge is 0.507 e. The van der Waals surface area contributed by atoms with Crippen LogP contribution in [0, 0.1) is 0 Å². The number of nitrogens with one attached hydrogen (secondary N) is 1.